The smallest absolute Gasteiger partial charge is 0.203 e. The van der Waals surface area contributed by atoms with E-state index >= 15 is 0 Å². The fourth-order valence-electron chi connectivity index (χ4n) is 3.43. The number of oxime groups is 1. The molecule has 1 unspecified atom stereocenters. The molecule has 2 N–H and O–H groups in total. The van der Waals surface area contributed by atoms with Crippen molar-refractivity contribution in [2.75, 3.05) is 27.6 Å². The topological polar surface area (TPSA) is 80.5 Å². The third-order valence-electron chi connectivity index (χ3n) is 4.77. The third-order valence-corrected chi connectivity index (χ3v) is 5.51. The summed E-state index contributed by atoms with van der Waals surface area (Å²) in [7, 11) is 4.63. The summed E-state index contributed by atoms with van der Waals surface area (Å²) in [6.07, 6.45) is 1.48. The number of ether oxygens (including phenoxy) is 3. The molecular formula is C21H23NO5S. The van der Waals surface area contributed by atoms with Gasteiger partial charge in [0.05, 0.1) is 21.3 Å². The van der Waals surface area contributed by atoms with Gasteiger partial charge in [-0.2, -0.15) is 0 Å². The Bertz CT molecular complexity index is 896. The molecule has 148 valence electrons. The molecule has 28 heavy (non-hydrogen) atoms. The zero-order valence-corrected chi connectivity index (χ0v) is 17.0. The lowest BCUT2D eigenvalue weighted by Crippen LogP contribution is -2.15. The predicted octanol–water partition coefficient (Wildman–Crippen LogP) is 3.94. The zero-order valence-electron chi connectivity index (χ0n) is 16.2. The highest BCUT2D eigenvalue weighted by atomic mass is 32.2. The number of rotatable bonds is 6. The van der Waals surface area contributed by atoms with Crippen LogP contribution in [0, 0.1) is 0 Å². The van der Waals surface area contributed by atoms with Gasteiger partial charge in [-0.25, -0.2) is 0 Å². The minimum atomic E-state index is -0.894. The molecule has 0 saturated carbocycles. The van der Waals surface area contributed by atoms with Gasteiger partial charge < -0.3 is 24.5 Å². The molecular weight excluding hydrogens is 378 g/mol. The third kappa shape index (κ3) is 3.55. The van der Waals surface area contributed by atoms with Crippen molar-refractivity contribution in [3.8, 4) is 17.2 Å². The maximum atomic E-state index is 10.5. The lowest BCUT2D eigenvalue weighted by Gasteiger charge is -2.16. The molecule has 0 fully saturated rings. The maximum absolute atomic E-state index is 10.5. The quantitative estimate of drug-likeness (QED) is 0.434. The Kier molecular flexibility index (Phi) is 6.16. The summed E-state index contributed by atoms with van der Waals surface area (Å²) in [5, 5.41) is 23.4. The van der Waals surface area contributed by atoms with Crippen molar-refractivity contribution >= 4 is 28.6 Å². The average molecular weight is 401 g/mol. The van der Waals surface area contributed by atoms with Gasteiger partial charge in [-0.05, 0) is 47.2 Å². The summed E-state index contributed by atoms with van der Waals surface area (Å²) >= 11 is 1.66. The Labute approximate surface area is 168 Å². The van der Waals surface area contributed by atoms with Crippen LogP contribution in [0.5, 0.6) is 17.2 Å². The van der Waals surface area contributed by atoms with E-state index in [2.05, 4.69) is 5.16 Å². The Morgan fingerprint density at radius 3 is 2.04 bits per heavy atom. The van der Waals surface area contributed by atoms with Crippen LogP contribution in [-0.4, -0.2) is 49.7 Å². The Hall–Kier alpha value is -2.64. The lowest BCUT2D eigenvalue weighted by molar-refractivity contribution is 0.240. The van der Waals surface area contributed by atoms with Gasteiger partial charge in [0.15, 0.2) is 11.5 Å². The van der Waals surface area contributed by atoms with E-state index in [1.54, 1.807) is 38.1 Å². The molecule has 1 atom stereocenters. The number of methoxy groups -OCH3 is 3. The Morgan fingerprint density at radius 2 is 1.57 bits per heavy atom. The number of thioether (sulfide) groups is 1. The van der Waals surface area contributed by atoms with Crippen molar-refractivity contribution in [3.05, 3.63) is 47.5 Å². The van der Waals surface area contributed by atoms with Gasteiger partial charge in [0.1, 0.15) is 11.8 Å². The van der Waals surface area contributed by atoms with Crippen LogP contribution in [0.25, 0.3) is 11.1 Å². The highest BCUT2D eigenvalue weighted by molar-refractivity contribution is 7.98. The molecule has 0 radical (unpaired) electrons. The molecule has 0 spiro atoms. The first-order chi connectivity index (χ1) is 13.6. The fraction of sp³-hybridized carbons (Fsp3) is 0.286. The van der Waals surface area contributed by atoms with E-state index in [-0.39, 0.29) is 5.71 Å². The van der Waals surface area contributed by atoms with Crippen LogP contribution >= 0.6 is 11.8 Å². The van der Waals surface area contributed by atoms with Crippen molar-refractivity contribution in [2.24, 2.45) is 5.16 Å². The molecule has 0 bridgehead atoms. The summed E-state index contributed by atoms with van der Waals surface area (Å²) in [6.45, 7) is 0. The number of hydrogen-bond donors (Lipinski definition) is 2. The summed E-state index contributed by atoms with van der Waals surface area (Å²) in [4.78, 5) is 1.15. The molecule has 7 heteroatoms. The SMILES string of the molecule is COc1cc(C2=C(c3ccc(SC)cc3)CC(O)/C2=N/O)cc(OC)c1OC. The number of aliphatic hydroxyl groups excluding tert-OH is 1. The first-order valence-electron chi connectivity index (χ1n) is 8.66. The van der Waals surface area contributed by atoms with E-state index in [0.29, 0.717) is 34.8 Å². The normalized spacial score (nSPS) is 17.9. The van der Waals surface area contributed by atoms with Gasteiger partial charge in [-0.3, -0.25) is 0 Å². The molecule has 2 aromatic rings. The van der Waals surface area contributed by atoms with Crippen molar-refractivity contribution < 1.29 is 24.5 Å². The highest BCUT2D eigenvalue weighted by Gasteiger charge is 2.33. The lowest BCUT2D eigenvalue weighted by atomic mass is 9.96. The van der Waals surface area contributed by atoms with Crippen molar-refractivity contribution in [3.63, 3.8) is 0 Å². The molecule has 0 saturated heterocycles. The minimum absolute atomic E-state index is 0.221. The number of hydrogen-bond acceptors (Lipinski definition) is 7. The van der Waals surface area contributed by atoms with Crippen LogP contribution in [0.4, 0.5) is 0 Å². The Balaban J connectivity index is 2.24. The number of nitrogens with zero attached hydrogens (tertiary/aromatic N) is 1. The first-order valence-corrected chi connectivity index (χ1v) is 9.88. The van der Waals surface area contributed by atoms with Gasteiger partial charge in [0, 0.05) is 16.9 Å². The van der Waals surface area contributed by atoms with Crippen LogP contribution < -0.4 is 14.2 Å². The molecule has 0 heterocycles. The molecule has 1 aliphatic rings. The first kappa shape index (κ1) is 20.1. The molecule has 6 nitrogen and oxygen atoms in total. The fourth-order valence-corrected chi connectivity index (χ4v) is 3.84. The Morgan fingerprint density at radius 1 is 0.964 bits per heavy atom. The number of benzene rings is 2. The van der Waals surface area contributed by atoms with Gasteiger partial charge in [0.2, 0.25) is 5.75 Å². The van der Waals surface area contributed by atoms with E-state index in [1.807, 2.05) is 30.5 Å². The van der Waals surface area contributed by atoms with Gasteiger partial charge in [-0.15, -0.1) is 11.8 Å². The second kappa shape index (κ2) is 8.58. The summed E-state index contributed by atoms with van der Waals surface area (Å²) in [5.74, 6) is 1.45. The summed E-state index contributed by atoms with van der Waals surface area (Å²) in [6, 6.07) is 11.6. The number of aliphatic hydroxyl groups is 1. The summed E-state index contributed by atoms with van der Waals surface area (Å²) in [5.41, 5.74) is 3.44. The second-order valence-corrected chi connectivity index (χ2v) is 7.08. The van der Waals surface area contributed by atoms with Crippen LogP contribution in [0.15, 0.2) is 46.4 Å². The zero-order chi connectivity index (χ0) is 20.3. The van der Waals surface area contributed by atoms with Crippen molar-refractivity contribution in [1.82, 2.24) is 0 Å². The second-order valence-electron chi connectivity index (χ2n) is 6.20. The van der Waals surface area contributed by atoms with Crippen molar-refractivity contribution in [1.29, 1.82) is 0 Å². The molecule has 2 aromatic carbocycles. The van der Waals surface area contributed by atoms with E-state index < -0.39 is 6.10 Å². The highest BCUT2D eigenvalue weighted by Crippen LogP contribution is 2.44. The minimum Gasteiger partial charge on any atom is -0.493 e. The van der Waals surface area contributed by atoms with E-state index in [1.165, 1.54) is 7.11 Å². The molecule has 1 aliphatic carbocycles. The van der Waals surface area contributed by atoms with Crippen LogP contribution in [0.1, 0.15) is 17.5 Å². The molecule has 3 rings (SSSR count). The van der Waals surface area contributed by atoms with E-state index in [0.717, 1.165) is 16.0 Å². The summed E-state index contributed by atoms with van der Waals surface area (Å²) < 4.78 is 16.3. The van der Waals surface area contributed by atoms with Crippen LogP contribution in [-0.2, 0) is 0 Å². The predicted molar refractivity (Wildman–Crippen MR) is 111 cm³/mol. The van der Waals surface area contributed by atoms with Crippen molar-refractivity contribution in [2.45, 2.75) is 17.4 Å². The van der Waals surface area contributed by atoms with Gasteiger partial charge >= 0.3 is 0 Å². The van der Waals surface area contributed by atoms with E-state index in [4.69, 9.17) is 14.2 Å². The molecule has 0 aromatic heterocycles. The van der Waals surface area contributed by atoms with E-state index in [9.17, 15) is 10.3 Å². The van der Waals surface area contributed by atoms with Crippen LogP contribution in [0.2, 0.25) is 0 Å². The standard InChI is InChI=1S/C21H23NO5S/c1-25-17-9-13(10-18(26-2)21(17)27-3)19-15(11-16(23)20(19)22-24)12-5-7-14(28-4)8-6-12/h5-10,16,23-24H,11H2,1-4H3/b22-20-. The van der Waals surface area contributed by atoms with Gasteiger partial charge in [-0.1, -0.05) is 17.3 Å². The monoisotopic (exact) mass is 401 g/mol. The molecule has 0 aliphatic heterocycles. The average Bonchev–Trinajstić information content (AvgIpc) is 3.08. The molecule has 0 amide bonds. The van der Waals surface area contributed by atoms with Crippen LogP contribution in [0.3, 0.4) is 0 Å². The van der Waals surface area contributed by atoms with Gasteiger partial charge in [0.25, 0.3) is 0 Å². The maximum Gasteiger partial charge on any atom is 0.203 e. The largest absolute Gasteiger partial charge is 0.493 e.